The maximum absolute atomic E-state index is 5.37. The van der Waals surface area contributed by atoms with Gasteiger partial charge < -0.3 is 0 Å². The molecule has 232 valence electrons. The Morgan fingerprint density at radius 2 is 0.673 bits per heavy atom. The molecule has 0 amide bonds. The molecule has 0 fully saturated rings. The van der Waals surface area contributed by atoms with E-state index in [0.717, 1.165) is 45.2 Å². The average Bonchev–Trinajstić information content (AvgIpc) is 3.60. The van der Waals surface area contributed by atoms with Crippen LogP contribution in [0.4, 0.5) is 0 Å². The van der Waals surface area contributed by atoms with Gasteiger partial charge in [0.1, 0.15) is 5.82 Å². The molecule has 49 heavy (non-hydrogen) atoms. The molecule has 0 N–H and O–H groups in total. The van der Waals surface area contributed by atoms with Crippen LogP contribution in [0.5, 0.6) is 0 Å². The maximum Gasteiger partial charge on any atom is 0.145 e. The molecule has 0 radical (unpaired) electrons. The zero-order chi connectivity index (χ0) is 32.8. The summed E-state index contributed by atoms with van der Waals surface area (Å²) in [5, 5.41) is 0. The number of benzene rings is 7. The third-order valence-corrected chi connectivity index (χ3v) is 8.86. The van der Waals surface area contributed by atoms with Crippen molar-refractivity contribution >= 4 is 11.1 Å². The zero-order valence-electron chi connectivity index (χ0n) is 27.0. The zero-order valence-corrected chi connectivity index (χ0v) is 27.0. The number of hydrogen-bond acceptors (Lipinski definition) is 1. The van der Waals surface area contributed by atoms with Gasteiger partial charge in [-0.15, -0.1) is 0 Å². The number of nitrogens with zero attached hydrogens (tertiary/aromatic N) is 2. The van der Waals surface area contributed by atoms with Crippen molar-refractivity contribution in [2.75, 3.05) is 0 Å². The second-order valence-corrected chi connectivity index (χ2v) is 12.0. The lowest BCUT2D eigenvalue weighted by Gasteiger charge is -2.19. The number of imidazole rings is 1. The normalized spacial score (nSPS) is 10.9. The van der Waals surface area contributed by atoms with E-state index in [1.807, 2.05) is 0 Å². The highest BCUT2D eigenvalue weighted by Crippen LogP contribution is 2.40. The van der Waals surface area contributed by atoms with Crippen molar-refractivity contribution < 1.29 is 0 Å². The van der Waals surface area contributed by atoms with E-state index in [9.17, 15) is 0 Å². The largest absolute Gasteiger partial charge is 0.292 e. The quantitative estimate of drug-likeness (QED) is 0.153. The van der Waals surface area contributed by atoms with Gasteiger partial charge in [0.05, 0.1) is 11.4 Å². The molecule has 0 unspecified atom stereocenters. The summed E-state index contributed by atoms with van der Waals surface area (Å²) in [7, 11) is 0. The van der Waals surface area contributed by atoms with E-state index in [0.29, 0.717) is 0 Å². The summed E-state index contributed by atoms with van der Waals surface area (Å²) in [5.41, 5.74) is 13.4. The molecule has 0 saturated heterocycles. The lowest BCUT2D eigenvalue weighted by Crippen LogP contribution is -2.02. The Kier molecular flexibility index (Phi) is 8.34. The van der Waals surface area contributed by atoms with Gasteiger partial charge in [0.25, 0.3) is 0 Å². The summed E-state index contributed by atoms with van der Waals surface area (Å²) in [6, 6.07) is 72.7. The van der Waals surface area contributed by atoms with Crippen LogP contribution in [0.3, 0.4) is 0 Å². The van der Waals surface area contributed by atoms with Gasteiger partial charge >= 0.3 is 0 Å². The average molecular weight is 627 g/mol. The monoisotopic (exact) mass is 626 g/mol. The Balaban J connectivity index is 1.38. The maximum atomic E-state index is 5.37. The van der Waals surface area contributed by atoms with Crippen molar-refractivity contribution in [2.24, 2.45) is 0 Å². The van der Waals surface area contributed by atoms with Crippen LogP contribution in [0.1, 0.15) is 22.3 Å². The highest BCUT2D eigenvalue weighted by molar-refractivity contribution is 6.04. The number of rotatable bonds is 8. The van der Waals surface area contributed by atoms with Gasteiger partial charge in [-0.2, -0.15) is 0 Å². The third-order valence-electron chi connectivity index (χ3n) is 8.86. The Bertz CT molecular complexity index is 2270. The van der Waals surface area contributed by atoms with Crippen molar-refractivity contribution in [1.82, 2.24) is 9.55 Å². The van der Waals surface area contributed by atoms with Gasteiger partial charge in [0.15, 0.2) is 0 Å². The van der Waals surface area contributed by atoms with Crippen molar-refractivity contribution in [2.45, 2.75) is 0 Å². The SMILES string of the molecule is c1ccc(C(=C(c2ccccc2)c2ccc(-n3c(-c4ccccc4)nc(-c4ccccc4)c3-c3ccccc3)cc2)c2ccccc2)cc1. The molecule has 2 heteroatoms. The topological polar surface area (TPSA) is 17.8 Å². The molecule has 2 nitrogen and oxygen atoms in total. The van der Waals surface area contributed by atoms with E-state index in [2.05, 4.69) is 211 Å². The van der Waals surface area contributed by atoms with Crippen molar-refractivity contribution in [3.63, 3.8) is 0 Å². The molecule has 7 aromatic carbocycles. The predicted octanol–water partition coefficient (Wildman–Crippen LogP) is 11.9. The van der Waals surface area contributed by atoms with Crippen LogP contribution in [0, 0.1) is 0 Å². The first-order valence-electron chi connectivity index (χ1n) is 16.7. The second kappa shape index (κ2) is 13.7. The molecule has 0 aliphatic heterocycles. The molecular weight excluding hydrogens is 593 g/mol. The Morgan fingerprint density at radius 3 is 1.10 bits per heavy atom. The summed E-state index contributed by atoms with van der Waals surface area (Å²) >= 11 is 0. The smallest absolute Gasteiger partial charge is 0.145 e. The van der Waals surface area contributed by atoms with Crippen LogP contribution in [0.15, 0.2) is 206 Å². The van der Waals surface area contributed by atoms with Gasteiger partial charge in [0, 0.05) is 22.4 Å². The summed E-state index contributed by atoms with van der Waals surface area (Å²) in [6.07, 6.45) is 0. The first kappa shape index (κ1) is 29.9. The van der Waals surface area contributed by atoms with Crippen LogP contribution < -0.4 is 0 Å². The minimum absolute atomic E-state index is 0.902. The molecule has 0 aliphatic rings. The Hall–Kier alpha value is -6.51. The van der Waals surface area contributed by atoms with Crippen molar-refractivity contribution in [3.8, 4) is 39.6 Å². The first-order valence-corrected chi connectivity index (χ1v) is 16.7. The molecule has 0 spiro atoms. The molecule has 0 atom stereocenters. The van der Waals surface area contributed by atoms with Crippen LogP contribution in [-0.4, -0.2) is 9.55 Å². The minimum Gasteiger partial charge on any atom is -0.292 e. The fourth-order valence-electron chi connectivity index (χ4n) is 6.61. The van der Waals surface area contributed by atoms with Gasteiger partial charge in [0.2, 0.25) is 0 Å². The highest BCUT2D eigenvalue weighted by Gasteiger charge is 2.23. The summed E-state index contributed by atoms with van der Waals surface area (Å²) in [4.78, 5) is 5.37. The third kappa shape index (κ3) is 6.04. The highest BCUT2D eigenvalue weighted by atomic mass is 15.1. The molecular formula is C47H34N2. The van der Waals surface area contributed by atoms with Gasteiger partial charge in [-0.25, -0.2) is 4.98 Å². The van der Waals surface area contributed by atoms with Crippen LogP contribution in [0.25, 0.3) is 50.7 Å². The van der Waals surface area contributed by atoms with Crippen molar-refractivity contribution in [3.05, 3.63) is 229 Å². The van der Waals surface area contributed by atoms with Crippen molar-refractivity contribution in [1.29, 1.82) is 0 Å². The molecule has 0 bridgehead atoms. The fourth-order valence-corrected chi connectivity index (χ4v) is 6.61. The number of hydrogen-bond donors (Lipinski definition) is 0. The van der Waals surface area contributed by atoms with E-state index in [1.165, 1.54) is 27.8 Å². The standard InChI is InChI=1S/C47H34N2/c1-7-19-35(20-8-1)43(36-21-9-2-10-22-36)44(37-23-11-3-12-24-37)38-31-33-42(34-32-38)49-46(40-27-15-5-16-28-40)45(39-25-13-4-14-26-39)48-47(49)41-29-17-6-18-30-41/h1-34H. The second-order valence-electron chi connectivity index (χ2n) is 12.0. The molecule has 0 aliphatic carbocycles. The first-order chi connectivity index (χ1) is 24.3. The van der Waals surface area contributed by atoms with Gasteiger partial charge in [-0.1, -0.05) is 194 Å². The summed E-state index contributed by atoms with van der Waals surface area (Å²) < 4.78 is 2.32. The lowest BCUT2D eigenvalue weighted by molar-refractivity contribution is 1.07. The summed E-state index contributed by atoms with van der Waals surface area (Å²) in [6.45, 7) is 0. The van der Waals surface area contributed by atoms with Gasteiger partial charge in [-0.05, 0) is 45.5 Å². The minimum atomic E-state index is 0.902. The van der Waals surface area contributed by atoms with Gasteiger partial charge in [-0.3, -0.25) is 4.57 Å². The van der Waals surface area contributed by atoms with E-state index >= 15 is 0 Å². The van der Waals surface area contributed by atoms with Crippen LogP contribution >= 0.6 is 0 Å². The molecule has 0 saturated carbocycles. The lowest BCUT2D eigenvalue weighted by atomic mass is 9.86. The van der Waals surface area contributed by atoms with E-state index < -0.39 is 0 Å². The molecule has 1 aromatic heterocycles. The molecule has 8 rings (SSSR count). The Labute approximate surface area is 288 Å². The predicted molar refractivity (Wildman–Crippen MR) is 204 cm³/mol. The number of aromatic nitrogens is 2. The Morgan fingerprint density at radius 1 is 0.327 bits per heavy atom. The fraction of sp³-hybridized carbons (Fsp3) is 0. The molecule has 8 aromatic rings. The van der Waals surface area contributed by atoms with Crippen LogP contribution in [-0.2, 0) is 0 Å². The van der Waals surface area contributed by atoms with E-state index in [1.54, 1.807) is 0 Å². The molecule has 1 heterocycles. The van der Waals surface area contributed by atoms with Crippen LogP contribution in [0.2, 0.25) is 0 Å². The summed E-state index contributed by atoms with van der Waals surface area (Å²) in [5.74, 6) is 0.902. The van der Waals surface area contributed by atoms with E-state index in [4.69, 9.17) is 4.98 Å². The van der Waals surface area contributed by atoms with E-state index in [-0.39, 0.29) is 0 Å².